The van der Waals surface area contributed by atoms with Crippen LogP contribution in [0.2, 0.25) is 0 Å². The van der Waals surface area contributed by atoms with E-state index in [9.17, 15) is 14.3 Å². The molecule has 1 aromatic carbocycles. The van der Waals surface area contributed by atoms with Crippen LogP contribution in [-0.2, 0) is 4.79 Å². The molecule has 4 heterocycles. The van der Waals surface area contributed by atoms with Crippen LogP contribution >= 0.6 is 0 Å². The highest BCUT2D eigenvalue weighted by Gasteiger charge is 2.36. The molecular formula is C24H31FN6O3. The highest BCUT2D eigenvalue weighted by atomic mass is 19.1. The standard InChI is InChI=1S/C24H31FN6O3/c1-14(2)21-17-7-8-19(33)20(25)22(17)31(27-21)24-26-23(34-28-24)18-6-4-5-11-30(18)16-9-12-29(13-10-16)15(3)32/h7-8,14,16,18,33H,4-6,9-13H2,1-3H3. The molecule has 1 amide bonds. The summed E-state index contributed by atoms with van der Waals surface area (Å²) in [4.78, 5) is 20.7. The van der Waals surface area contributed by atoms with Gasteiger partial charge in [-0.3, -0.25) is 9.69 Å². The average Bonchev–Trinajstić information content (AvgIpc) is 3.47. The first-order valence-electron chi connectivity index (χ1n) is 12.1. The maximum Gasteiger partial charge on any atom is 0.291 e. The Morgan fingerprint density at radius 2 is 1.94 bits per heavy atom. The number of aromatic hydroxyl groups is 1. The molecule has 10 heteroatoms. The van der Waals surface area contributed by atoms with Crippen molar-refractivity contribution in [2.24, 2.45) is 0 Å². The van der Waals surface area contributed by atoms with Gasteiger partial charge >= 0.3 is 0 Å². The number of aromatic nitrogens is 4. The maximum absolute atomic E-state index is 14.9. The van der Waals surface area contributed by atoms with E-state index in [-0.39, 0.29) is 29.3 Å². The Morgan fingerprint density at radius 1 is 1.18 bits per heavy atom. The summed E-state index contributed by atoms with van der Waals surface area (Å²) in [7, 11) is 0. The van der Waals surface area contributed by atoms with E-state index in [0.717, 1.165) is 51.7 Å². The lowest BCUT2D eigenvalue weighted by Crippen LogP contribution is -2.48. The fourth-order valence-electron chi connectivity index (χ4n) is 5.37. The largest absolute Gasteiger partial charge is 0.505 e. The first-order chi connectivity index (χ1) is 16.3. The summed E-state index contributed by atoms with van der Waals surface area (Å²) in [6.45, 7) is 8.05. The average molecular weight is 471 g/mol. The van der Waals surface area contributed by atoms with E-state index in [1.807, 2.05) is 18.7 Å². The Labute approximate surface area is 197 Å². The molecule has 0 radical (unpaired) electrons. The van der Waals surface area contributed by atoms with Gasteiger partial charge in [-0.1, -0.05) is 20.3 Å². The molecule has 0 saturated carbocycles. The number of amides is 1. The zero-order valence-corrected chi connectivity index (χ0v) is 19.9. The molecule has 182 valence electrons. The lowest BCUT2D eigenvalue weighted by Gasteiger charge is -2.43. The van der Waals surface area contributed by atoms with Gasteiger partial charge in [0.25, 0.3) is 5.95 Å². The summed E-state index contributed by atoms with van der Waals surface area (Å²) in [6, 6.07) is 3.34. The van der Waals surface area contributed by atoms with Crippen LogP contribution in [0.3, 0.4) is 0 Å². The normalized spacial score (nSPS) is 20.5. The van der Waals surface area contributed by atoms with Gasteiger partial charge in [-0.25, -0.2) is 4.39 Å². The van der Waals surface area contributed by atoms with Gasteiger partial charge < -0.3 is 14.5 Å². The number of likely N-dealkylation sites (tertiary alicyclic amines) is 2. The summed E-state index contributed by atoms with van der Waals surface area (Å²) >= 11 is 0. The lowest BCUT2D eigenvalue weighted by molar-refractivity contribution is -0.130. The van der Waals surface area contributed by atoms with Crippen LogP contribution in [-0.4, -0.2) is 66.4 Å². The zero-order chi connectivity index (χ0) is 24.0. The molecule has 2 saturated heterocycles. The van der Waals surface area contributed by atoms with Crippen molar-refractivity contribution in [3.63, 3.8) is 0 Å². The molecule has 1 unspecified atom stereocenters. The Bertz CT molecular complexity index is 1200. The summed E-state index contributed by atoms with van der Waals surface area (Å²) in [5, 5.41) is 19.3. The van der Waals surface area contributed by atoms with Crippen LogP contribution in [0, 0.1) is 5.82 Å². The van der Waals surface area contributed by atoms with E-state index in [2.05, 4.69) is 20.1 Å². The van der Waals surface area contributed by atoms with Crippen molar-refractivity contribution >= 4 is 16.8 Å². The molecule has 2 aliphatic heterocycles. The summed E-state index contributed by atoms with van der Waals surface area (Å²) in [6.07, 6.45) is 4.92. The molecule has 0 spiro atoms. The number of nitrogens with zero attached hydrogens (tertiary/aromatic N) is 6. The van der Waals surface area contributed by atoms with Crippen LogP contribution < -0.4 is 0 Å². The second kappa shape index (κ2) is 8.98. The van der Waals surface area contributed by atoms with Gasteiger partial charge in [0.1, 0.15) is 5.52 Å². The molecule has 34 heavy (non-hydrogen) atoms. The van der Waals surface area contributed by atoms with E-state index in [1.165, 1.54) is 10.7 Å². The number of phenolic OH excluding ortho intramolecular Hbond substituents is 1. The van der Waals surface area contributed by atoms with Gasteiger partial charge in [0, 0.05) is 31.4 Å². The van der Waals surface area contributed by atoms with Crippen LogP contribution in [0.15, 0.2) is 16.7 Å². The van der Waals surface area contributed by atoms with Crippen molar-refractivity contribution in [1.82, 2.24) is 29.7 Å². The molecule has 3 aromatic rings. The number of hydrogen-bond acceptors (Lipinski definition) is 7. The maximum atomic E-state index is 14.9. The Hall–Kier alpha value is -3.01. The van der Waals surface area contributed by atoms with E-state index in [4.69, 9.17) is 4.52 Å². The minimum atomic E-state index is -0.750. The van der Waals surface area contributed by atoms with Crippen molar-refractivity contribution in [2.75, 3.05) is 19.6 Å². The zero-order valence-electron chi connectivity index (χ0n) is 19.9. The number of carbonyl (C=O) groups excluding carboxylic acids is 1. The van der Waals surface area contributed by atoms with Gasteiger partial charge in [0.15, 0.2) is 11.6 Å². The van der Waals surface area contributed by atoms with Crippen LogP contribution in [0.25, 0.3) is 16.9 Å². The van der Waals surface area contributed by atoms with Gasteiger partial charge in [0.2, 0.25) is 11.8 Å². The number of halogens is 1. The van der Waals surface area contributed by atoms with E-state index >= 15 is 0 Å². The molecule has 1 N–H and O–H groups in total. The third-order valence-corrected chi connectivity index (χ3v) is 7.17. The second-order valence-corrected chi connectivity index (χ2v) is 9.67. The molecule has 0 aliphatic carbocycles. The SMILES string of the molecule is CC(=O)N1CCC(N2CCCCC2c2nc(-n3nc(C(C)C)c4ccc(O)c(F)c43)no2)CC1. The molecule has 2 aliphatic rings. The number of hydrogen-bond donors (Lipinski definition) is 1. The minimum Gasteiger partial charge on any atom is -0.505 e. The number of benzene rings is 1. The molecule has 2 fully saturated rings. The van der Waals surface area contributed by atoms with Gasteiger partial charge in [-0.2, -0.15) is 14.8 Å². The smallest absolute Gasteiger partial charge is 0.291 e. The van der Waals surface area contributed by atoms with Crippen molar-refractivity contribution in [3.05, 3.63) is 29.5 Å². The van der Waals surface area contributed by atoms with Crippen LogP contribution in [0.1, 0.15) is 76.4 Å². The fourth-order valence-corrected chi connectivity index (χ4v) is 5.37. The predicted molar refractivity (Wildman–Crippen MR) is 123 cm³/mol. The van der Waals surface area contributed by atoms with Crippen molar-refractivity contribution in [1.29, 1.82) is 0 Å². The molecule has 1 atom stereocenters. The number of phenols is 1. The molecule has 5 rings (SSSR count). The first-order valence-corrected chi connectivity index (χ1v) is 12.1. The highest BCUT2D eigenvalue weighted by molar-refractivity contribution is 5.85. The van der Waals surface area contributed by atoms with Crippen LogP contribution in [0.5, 0.6) is 5.75 Å². The van der Waals surface area contributed by atoms with Crippen molar-refractivity contribution in [3.8, 4) is 11.7 Å². The number of carbonyl (C=O) groups is 1. The molecular weight excluding hydrogens is 439 g/mol. The monoisotopic (exact) mass is 470 g/mol. The fraction of sp³-hybridized carbons (Fsp3) is 0.583. The predicted octanol–water partition coefficient (Wildman–Crippen LogP) is 3.91. The number of fused-ring (bicyclic) bond motifs is 1. The minimum absolute atomic E-state index is 0.0199. The summed E-state index contributed by atoms with van der Waals surface area (Å²) < 4.78 is 22.0. The Morgan fingerprint density at radius 3 is 2.65 bits per heavy atom. The third kappa shape index (κ3) is 3.93. The van der Waals surface area contributed by atoms with Crippen LogP contribution in [0.4, 0.5) is 4.39 Å². The topological polar surface area (TPSA) is 101 Å². The van der Waals surface area contributed by atoms with E-state index < -0.39 is 11.6 Å². The highest BCUT2D eigenvalue weighted by Crippen LogP contribution is 2.36. The Balaban J connectivity index is 1.46. The second-order valence-electron chi connectivity index (χ2n) is 9.67. The van der Waals surface area contributed by atoms with E-state index in [1.54, 1.807) is 13.0 Å². The van der Waals surface area contributed by atoms with Crippen molar-refractivity contribution < 1.29 is 18.8 Å². The van der Waals surface area contributed by atoms with Gasteiger partial charge in [0.05, 0.1) is 11.7 Å². The molecule has 0 bridgehead atoms. The lowest BCUT2D eigenvalue weighted by atomic mass is 9.95. The van der Waals surface area contributed by atoms with E-state index in [0.29, 0.717) is 23.0 Å². The molecule has 2 aromatic heterocycles. The number of rotatable bonds is 4. The van der Waals surface area contributed by atoms with Gasteiger partial charge in [-0.05, 0) is 55.4 Å². The van der Waals surface area contributed by atoms with Crippen molar-refractivity contribution in [2.45, 2.75) is 70.9 Å². The quantitative estimate of drug-likeness (QED) is 0.617. The summed E-state index contributed by atoms with van der Waals surface area (Å²) in [5.74, 6) is -0.357. The first kappa shape index (κ1) is 22.8. The third-order valence-electron chi connectivity index (χ3n) is 7.17. The van der Waals surface area contributed by atoms with Gasteiger partial charge in [-0.15, -0.1) is 0 Å². The molecule has 9 nitrogen and oxygen atoms in total. The summed E-state index contributed by atoms with van der Waals surface area (Å²) in [5.41, 5.74) is 0.852. The Kier molecular flexibility index (Phi) is 6.01. The number of piperidine rings is 2.